The molecule has 0 fully saturated rings. The Morgan fingerprint density at radius 1 is 1.25 bits per heavy atom. The summed E-state index contributed by atoms with van der Waals surface area (Å²) in [6.07, 6.45) is 1.40. The lowest BCUT2D eigenvalue weighted by Gasteiger charge is -2.11. The van der Waals surface area contributed by atoms with Crippen LogP contribution in [0.3, 0.4) is 0 Å². The third-order valence-corrected chi connectivity index (χ3v) is 5.11. The van der Waals surface area contributed by atoms with Crippen molar-refractivity contribution < 1.29 is 13.2 Å². The van der Waals surface area contributed by atoms with Crippen LogP contribution < -0.4 is 9.46 Å². The lowest BCUT2D eigenvalue weighted by molar-refractivity contribution is 0.416. The van der Waals surface area contributed by atoms with Crippen LogP contribution in [0.15, 0.2) is 47.5 Å². The highest BCUT2D eigenvalue weighted by Crippen LogP contribution is 2.30. The highest BCUT2D eigenvalue weighted by Gasteiger charge is 2.21. The van der Waals surface area contributed by atoms with E-state index in [9.17, 15) is 8.42 Å². The number of sulfonamides is 1. The topological polar surface area (TPSA) is 95.0 Å². The van der Waals surface area contributed by atoms with Gasteiger partial charge in [0.2, 0.25) is 0 Å². The summed E-state index contributed by atoms with van der Waals surface area (Å²) in [6.45, 7) is 0. The normalized spacial score (nSPS) is 11.2. The number of nitriles is 1. The highest BCUT2D eigenvalue weighted by atomic mass is 35.5. The molecule has 2 aromatic carbocycles. The number of halogens is 1. The van der Waals surface area contributed by atoms with Crippen LogP contribution in [0.5, 0.6) is 5.75 Å². The maximum Gasteiger partial charge on any atom is 0.264 e. The molecule has 0 bridgehead atoms. The van der Waals surface area contributed by atoms with Crippen molar-refractivity contribution in [2.24, 2.45) is 0 Å². The van der Waals surface area contributed by atoms with E-state index in [-0.39, 0.29) is 16.3 Å². The van der Waals surface area contributed by atoms with Gasteiger partial charge in [0.25, 0.3) is 10.0 Å². The first-order chi connectivity index (χ1) is 11.4. The van der Waals surface area contributed by atoms with Gasteiger partial charge in [0.15, 0.2) is 0 Å². The van der Waals surface area contributed by atoms with Gasteiger partial charge in [-0.25, -0.2) is 8.42 Å². The molecule has 122 valence electrons. The Bertz CT molecular complexity index is 1070. The van der Waals surface area contributed by atoms with Crippen molar-refractivity contribution in [3.05, 3.63) is 53.2 Å². The lowest BCUT2D eigenvalue weighted by Crippen LogP contribution is -2.13. The van der Waals surface area contributed by atoms with E-state index in [1.165, 1.54) is 31.5 Å². The summed E-state index contributed by atoms with van der Waals surface area (Å²) in [7, 11) is -2.44. The molecule has 0 spiro atoms. The fraction of sp³-hybridized carbons (Fsp3) is 0.0625. The molecule has 0 unspecified atom stereocenters. The van der Waals surface area contributed by atoms with Crippen molar-refractivity contribution in [1.29, 1.82) is 5.26 Å². The van der Waals surface area contributed by atoms with Crippen molar-refractivity contribution >= 4 is 38.2 Å². The van der Waals surface area contributed by atoms with Crippen LogP contribution in [0.2, 0.25) is 5.02 Å². The van der Waals surface area contributed by atoms with E-state index in [2.05, 4.69) is 9.71 Å². The summed E-state index contributed by atoms with van der Waals surface area (Å²) in [5, 5.41) is 9.95. The number of ether oxygens (including phenoxy) is 1. The summed E-state index contributed by atoms with van der Waals surface area (Å²) in [5.74, 6) is 0.264. The number of aromatic nitrogens is 1. The van der Waals surface area contributed by atoms with Crippen LogP contribution >= 0.6 is 11.6 Å². The summed E-state index contributed by atoms with van der Waals surface area (Å²) < 4.78 is 33.0. The molecule has 24 heavy (non-hydrogen) atoms. The van der Waals surface area contributed by atoms with Crippen molar-refractivity contribution in [2.75, 3.05) is 11.8 Å². The number of anilines is 1. The monoisotopic (exact) mass is 361 g/mol. The smallest absolute Gasteiger partial charge is 0.264 e. The predicted molar refractivity (Wildman–Crippen MR) is 91.8 cm³/mol. The summed E-state index contributed by atoms with van der Waals surface area (Å²) in [6, 6.07) is 11.3. The average molecular weight is 362 g/mol. The van der Waals surface area contributed by atoms with Crippen LogP contribution in [0.25, 0.3) is 10.9 Å². The first-order valence-corrected chi connectivity index (χ1v) is 8.68. The molecule has 0 aliphatic carbocycles. The second kappa shape index (κ2) is 6.07. The number of nitrogens with zero attached hydrogens (tertiary/aromatic N) is 1. The van der Waals surface area contributed by atoms with Gasteiger partial charge in [0.05, 0.1) is 24.4 Å². The SMILES string of the molecule is COc1cc(C#N)ccc1NS(=O)(=O)c1c[nH]c2cc(Cl)ccc12. The summed E-state index contributed by atoms with van der Waals surface area (Å²) >= 11 is 5.91. The van der Waals surface area contributed by atoms with Crippen molar-refractivity contribution in [3.63, 3.8) is 0 Å². The Morgan fingerprint density at radius 2 is 2.04 bits per heavy atom. The van der Waals surface area contributed by atoms with Crippen molar-refractivity contribution in [3.8, 4) is 11.8 Å². The van der Waals surface area contributed by atoms with E-state index >= 15 is 0 Å². The minimum Gasteiger partial charge on any atom is -0.495 e. The summed E-state index contributed by atoms with van der Waals surface area (Å²) in [4.78, 5) is 2.99. The van der Waals surface area contributed by atoms with Crippen molar-refractivity contribution in [1.82, 2.24) is 4.98 Å². The van der Waals surface area contributed by atoms with E-state index in [1.54, 1.807) is 18.2 Å². The van der Waals surface area contributed by atoms with Gasteiger partial charge in [-0.05, 0) is 30.3 Å². The lowest BCUT2D eigenvalue weighted by atomic mass is 10.2. The van der Waals surface area contributed by atoms with Gasteiger partial charge in [-0.2, -0.15) is 5.26 Å². The Morgan fingerprint density at radius 3 is 2.75 bits per heavy atom. The zero-order valence-corrected chi connectivity index (χ0v) is 14.1. The number of rotatable bonds is 4. The predicted octanol–water partition coefficient (Wildman–Crippen LogP) is 3.50. The molecule has 2 N–H and O–H groups in total. The van der Waals surface area contributed by atoms with Crippen LogP contribution in [0, 0.1) is 11.3 Å². The molecular weight excluding hydrogens is 350 g/mol. The number of H-pyrrole nitrogens is 1. The van der Waals surface area contributed by atoms with E-state index in [0.717, 1.165) is 0 Å². The number of hydrogen-bond acceptors (Lipinski definition) is 4. The molecule has 0 atom stereocenters. The van der Waals surface area contributed by atoms with E-state index in [4.69, 9.17) is 21.6 Å². The van der Waals surface area contributed by atoms with Gasteiger partial charge in [-0.15, -0.1) is 0 Å². The fourth-order valence-corrected chi connectivity index (χ4v) is 3.76. The molecule has 1 aromatic heterocycles. The second-order valence-corrected chi connectivity index (χ2v) is 7.06. The van der Waals surface area contributed by atoms with Crippen molar-refractivity contribution in [2.45, 2.75) is 4.90 Å². The standard InChI is InChI=1S/C16H12ClN3O3S/c1-23-15-6-10(8-18)2-5-13(15)20-24(21,22)16-9-19-14-7-11(17)3-4-12(14)16/h2-7,9,19-20H,1H3. The molecule has 3 rings (SSSR count). The molecular formula is C16H12ClN3O3S. The number of fused-ring (bicyclic) bond motifs is 1. The highest BCUT2D eigenvalue weighted by molar-refractivity contribution is 7.93. The molecule has 0 aliphatic rings. The molecule has 1 heterocycles. The second-order valence-electron chi connectivity index (χ2n) is 4.98. The largest absolute Gasteiger partial charge is 0.495 e. The van der Waals surface area contributed by atoms with Gasteiger partial charge < -0.3 is 9.72 Å². The van der Waals surface area contributed by atoms with Crippen LogP contribution in [-0.4, -0.2) is 20.5 Å². The molecule has 6 nitrogen and oxygen atoms in total. The Kier molecular flexibility index (Phi) is 4.09. The fourth-order valence-electron chi connectivity index (χ4n) is 2.34. The molecule has 0 saturated carbocycles. The number of benzene rings is 2. The maximum atomic E-state index is 12.7. The zero-order chi connectivity index (χ0) is 17.3. The van der Waals surface area contributed by atoms with E-state index in [1.807, 2.05) is 6.07 Å². The van der Waals surface area contributed by atoms with Crippen LogP contribution in [0.1, 0.15) is 5.56 Å². The Labute approximate surface area is 143 Å². The number of methoxy groups -OCH3 is 1. The van der Waals surface area contributed by atoms with Gasteiger partial charge >= 0.3 is 0 Å². The minimum atomic E-state index is -3.85. The van der Waals surface area contributed by atoms with E-state index in [0.29, 0.717) is 21.5 Å². The van der Waals surface area contributed by atoms with Gasteiger partial charge in [0, 0.05) is 28.2 Å². The molecule has 0 radical (unpaired) electrons. The Balaban J connectivity index is 2.04. The number of hydrogen-bond donors (Lipinski definition) is 2. The van der Waals surface area contributed by atoms with Crippen LogP contribution in [-0.2, 0) is 10.0 Å². The van der Waals surface area contributed by atoms with Gasteiger partial charge in [0.1, 0.15) is 10.6 Å². The summed E-state index contributed by atoms with van der Waals surface area (Å²) in [5.41, 5.74) is 1.24. The average Bonchev–Trinajstić information content (AvgIpc) is 2.98. The minimum absolute atomic E-state index is 0.0978. The van der Waals surface area contributed by atoms with Gasteiger partial charge in [-0.1, -0.05) is 11.6 Å². The van der Waals surface area contributed by atoms with E-state index < -0.39 is 10.0 Å². The first kappa shape index (κ1) is 16.2. The molecule has 0 aliphatic heterocycles. The van der Waals surface area contributed by atoms with Gasteiger partial charge in [-0.3, -0.25) is 4.72 Å². The third-order valence-electron chi connectivity index (χ3n) is 3.47. The third kappa shape index (κ3) is 2.89. The quantitative estimate of drug-likeness (QED) is 0.743. The molecule has 0 amide bonds. The van der Waals surface area contributed by atoms with Crippen LogP contribution in [0.4, 0.5) is 5.69 Å². The molecule has 8 heteroatoms. The first-order valence-electron chi connectivity index (χ1n) is 6.82. The molecule has 0 saturated heterocycles. The zero-order valence-electron chi connectivity index (χ0n) is 12.5. The Hall–Kier alpha value is -2.69. The number of aromatic amines is 1. The number of nitrogens with one attached hydrogen (secondary N) is 2. The molecule has 3 aromatic rings. The maximum absolute atomic E-state index is 12.7.